The van der Waals surface area contributed by atoms with Gasteiger partial charge in [-0.2, -0.15) is 0 Å². The number of nitrogens with one attached hydrogen (secondary N) is 4. The van der Waals surface area contributed by atoms with E-state index in [-0.39, 0.29) is 59.0 Å². The molecule has 2 aromatic carbocycles. The van der Waals surface area contributed by atoms with Crippen LogP contribution in [0.4, 0.5) is 9.59 Å². The first-order chi connectivity index (χ1) is 32.4. The second-order valence-corrected chi connectivity index (χ2v) is 20.1. The van der Waals surface area contributed by atoms with Crippen LogP contribution >= 0.6 is 0 Å². The zero-order valence-corrected chi connectivity index (χ0v) is 39.3. The summed E-state index contributed by atoms with van der Waals surface area (Å²) in [4.78, 5) is 74.7. The molecule has 4 aliphatic heterocycles. The van der Waals surface area contributed by atoms with Crippen molar-refractivity contribution < 1.29 is 38.1 Å². The van der Waals surface area contributed by atoms with E-state index < -0.39 is 24.3 Å². The summed E-state index contributed by atoms with van der Waals surface area (Å²) < 4.78 is 22.1. The van der Waals surface area contributed by atoms with Crippen molar-refractivity contribution in [2.24, 2.45) is 11.8 Å². The van der Waals surface area contributed by atoms with Crippen molar-refractivity contribution in [2.45, 2.75) is 145 Å². The lowest BCUT2D eigenvalue weighted by Crippen LogP contribution is -2.55. The van der Waals surface area contributed by atoms with Crippen molar-refractivity contribution in [2.75, 3.05) is 27.4 Å². The van der Waals surface area contributed by atoms with Crippen LogP contribution < -0.4 is 10.6 Å². The zero-order chi connectivity index (χ0) is 46.6. The quantitative estimate of drug-likeness (QED) is 0.115. The summed E-state index contributed by atoms with van der Waals surface area (Å²) >= 11 is 0. The van der Waals surface area contributed by atoms with Crippen molar-refractivity contribution in [1.29, 1.82) is 0 Å². The van der Waals surface area contributed by atoms with Crippen LogP contribution in [0.1, 0.15) is 120 Å². The van der Waals surface area contributed by atoms with Gasteiger partial charge in [-0.05, 0) is 132 Å². The Balaban J connectivity index is 0.816. The average molecular weight is 917 g/mol. The highest BCUT2D eigenvalue weighted by Crippen LogP contribution is 2.51. The number of aryl methyl sites for hydroxylation is 1. The van der Waals surface area contributed by atoms with E-state index in [9.17, 15) is 19.2 Å². The Labute approximate surface area is 391 Å². The maximum absolute atomic E-state index is 14.5. The fourth-order valence-corrected chi connectivity index (χ4v) is 11.7. The van der Waals surface area contributed by atoms with E-state index in [1.807, 2.05) is 22.2 Å². The highest BCUT2D eigenvalue weighted by Gasteiger charge is 2.53. The molecule has 4 aromatic rings. The largest absolute Gasteiger partial charge is 0.453 e. The number of methoxy groups -OCH3 is 2. The first-order valence-corrected chi connectivity index (χ1v) is 24.3. The molecule has 8 atom stereocenters. The predicted octanol–water partition coefficient (Wildman–Crippen LogP) is 7.91. The van der Waals surface area contributed by atoms with E-state index in [0.717, 1.165) is 115 Å². The Hall–Kier alpha value is -5.74. The number of carbonyl (C=O) groups excluding carboxylic acids is 4. The van der Waals surface area contributed by atoms with E-state index in [4.69, 9.17) is 28.9 Å². The number of carbonyl (C=O) groups is 4. The number of imidazole rings is 2. The first kappa shape index (κ1) is 45.1. The van der Waals surface area contributed by atoms with Gasteiger partial charge in [0, 0.05) is 30.9 Å². The van der Waals surface area contributed by atoms with Crippen molar-refractivity contribution in [3.05, 3.63) is 72.1 Å². The summed E-state index contributed by atoms with van der Waals surface area (Å²) in [6.07, 6.45) is 12.5. The van der Waals surface area contributed by atoms with Gasteiger partial charge in [0.15, 0.2) is 0 Å². The lowest BCUT2D eigenvalue weighted by atomic mass is 9.86. The van der Waals surface area contributed by atoms with Crippen LogP contribution in [0.5, 0.6) is 0 Å². The van der Waals surface area contributed by atoms with Gasteiger partial charge < -0.3 is 49.3 Å². The zero-order valence-electron chi connectivity index (χ0n) is 39.3. The third-order valence-electron chi connectivity index (χ3n) is 15.8. The number of H-pyrrole nitrogens is 2. The van der Waals surface area contributed by atoms with Gasteiger partial charge >= 0.3 is 12.2 Å². The third-order valence-corrected chi connectivity index (χ3v) is 15.8. The fourth-order valence-electron chi connectivity index (χ4n) is 11.7. The smallest absolute Gasteiger partial charge is 0.407 e. The number of rotatable bonds is 11. The van der Waals surface area contributed by atoms with Crippen LogP contribution in [0, 0.1) is 18.8 Å². The van der Waals surface area contributed by atoms with Gasteiger partial charge in [0.1, 0.15) is 23.7 Å². The van der Waals surface area contributed by atoms with Crippen LogP contribution in [-0.4, -0.2) is 117 Å². The maximum Gasteiger partial charge on any atom is 0.407 e. The summed E-state index contributed by atoms with van der Waals surface area (Å²) in [6, 6.07) is 12.8. The molecule has 6 aliphatic rings. The molecule has 4 saturated heterocycles. The number of ether oxygens (including phenoxy) is 4. The van der Waals surface area contributed by atoms with Crippen molar-refractivity contribution in [3.63, 3.8) is 0 Å². The van der Waals surface area contributed by atoms with E-state index >= 15 is 0 Å². The van der Waals surface area contributed by atoms with Crippen molar-refractivity contribution >= 4 is 24.0 Å². The minimum absolute atomic E-state index is 0.0160. The van der Waals surface area contributed by atoms with E-state index in [1.54, 1.807) is 0 Å². The summed E-state index contributed by atoms with van der Waals surface area (Å²) in [6.45, 7) is 7.39. The standard InChI is InChI=1S/C51H64N8O8/c1-29-24-34(12-13-37(29)39-28-53-45(55-39)41-15-7-31(3)59(41)47(61)43(57-49(63)65-5)36-17-23-67-51(26-36)20-21-51)32-8-10-33(11-9-32)38-27-52-44(54-38)40-14-6-30(2)58(40)46(60)42(56-48(62)64-4)35-16-22-66-50(25-35)18-19-50/h8-13,24,27-28,30-31,35-36,40-43H,6-7,14-23,25-26H2,1-5H3,(H,52,54)(H,53,55)(H,56,62)(H,57,63)/t30-,31-,35+,36+,40-,41?,42-,43-/m0/s1. The van der Waals surface area contributed by atoms with Crippen LogP contribution in [0.2, 0.25) is 0 Å². The molecule has 2 aromatic heterocycles. The first-order valence-electron chi connectivity index (χ1n) is 24.3. The van der Waals surface area contributed by atoms with Gasteiger partial charge in [0.2, 0.25) is 11.8 Å². The highest BCUT2D eigenvalue weighted by molar-refractivity contribution is 5.88. The Morgan fingerprint density at radius 2 is 1.12 bits per heavy atom. The number of likely N-dealkylation sites (tertiary alicyclic amines) is 2. The molecule has 2 spiro atoms. The number of aromatic amines is 2. The number of nitrogens with zero attached hydrogens (tertiary/aromatic N) is 4. The Bertz CT molecular complexity index is 2490. The molecule has 4 amide bonds. The number of amides is 4. The van der Waals surface area contributed by atoms with Gasteiger partial charge in [0.05, 0.1) is 61.3 Å². The molecule has 0 radical (unpaired) electrons. The van der Waals surface area contributed by atoms with E-state index in [0.29, 0.717) is 26.1 Å². The SMILES string of the molecule is COC(=O)N[C@H](C(=O)N1C(c2ncc(-c3ccc(-c4ccc(-c5cnc([C@@H]6CC[C@H](C)N6C(=O)[C@@H](NC(=O)OC)[C@@H]6CCOC7(CC7)C6)[nH]5)cc4)cc3C)[nH]2)CC[C@@H]1C)[C@@H]1CCOC2(CC2)C1. The van der Waals surface area contributed by atoms with Crippen LogP contribution in [0.15, 0.2) is 54.9 Å². The Morgan fingerprint density at radius 3 is 1.60 bits per heavy atom. The second-order valence-electron chi connectivity index (χ2n) is 20.1. The van der Waals surface area contributed by atoms with Gasteiger partial charge in [0.25, 0.3) is 0 Å². The van der Waals surface area contributed by atoms with E-state index in [1.165, 1.54) is 14.2 Å². The summed E-state index contributed by atoms with van der Waals surface area (Å²) in [7, 11) is 2.66. The molecule has 16 nitrogen and oxygen atoms in total. The van der Waals surface area contributed by atoms with Gasteiger partial charge in [-0.25, -0.2) is 19.6 Å². The number of hydrogen-bond donors (Lipinski definition) is 4. The predicted molar refractivity (Wildman–Crippen MR) is 248 cm³/mol. The molecule has 2 aliphatic carbocycles. The molecule has 4 N–H and O–H groups in total. The van der Waals surface area contributed by atoms with Crippen molar-refractivity contribution in [3.8, 4) is 33.6 Å². The molecule has 0 bridgehead atoms. The third kappa shape index (κ3) is 8.94. The van der Waals surface area contributed by atoms with Crippen LogP contribution in [0.25, 0.3) is 33.6 Å². The molecule has 356 valence electrons. The molecule has 1 unspecified atom stereocenters. The van der Waals surface area contributed by atoms with Gasteiger partial charge in [-0.3, -0.25) is 9.59 Å². The Morgan fingerprint density at radius 1 is 0.657 bits per heavy atom. The topological polar surface area (TPSA) is 193 Å². The summed E-state index contributed by atoms with van der Waals surface area (Å²) in [5.74, 6) is 1.20. The highest BCUT2D eigenvalue weighted by atomic mass is 16.5. The molecule has 6 fully saturated rings. The monoisotopic (exact) mass is 916 g/mol. The molecule has 10 rings (SSSR count). The van der Waals surface area contributed by atoms with Crippen molar-refractivity contribution in [1.82, 2.24) is 40.4 Å². The lowest BCUT2D eigenvalue weighted by Gasteiger charge is -2.38. The molecular weight excluding hydrogens is 853 g/mol. The van der Waals surface area contributed by atoms with Gasteiger partial charge in [-0.15, -0.1) is 0 Å². The number of aromatic nitrogens is 4. The lowest BCUT2D eigenvalue weighted by molar-refractivity contribution is -0.140. The second kappa shape index (κ2) is 18.1. The van der Waals surface area contributed by atoms with E-state index in [2.05, 4.69) is 83.8 Å². The summed E-state index contributed by atoms with van der Waals surface area (Å²) in [5, 5.41) is 5.81. The number of benzene rings is 2. The summed E-state index contributed by atoms with van der Waals surface area (Å²) in [5.41, 5.74) is 6.66. The molecule has 2 saturated carbocycles. The van der Waals surface area contributed by atoms with Crippen LogP contribution in [-0.2, 0) is 28.5 Å². The molecule has 16 heteroatoms. The number of hydrogen-bond acceptors (Lipinski definition) is 10. The molecule has 6 heterocycles. The fraction of sp³-hybridized carbons (Fsp3) is 0.569. The van der Waals surface area contributed by atoms with Crippen LogP contribution in [0.3, 0.4) is 0 Å². The number of alkyl carbamates (subject to hydrolysis) is 2. The Kier molecular flexibility index (Phi) is 12.1. The molecule has 67 heavy (non-hydrogen) atoms. The van der Waals surface area contributed by atoms with Gasteiger partial charge in [-0.1, -0.05) is 42.5 Å². The minimum atomic E-state index is -0.703. The minimum Gasteiger partial charge on any atom is -0.453 e. The normalized spacial score (nSPS) is 26.8. The average Bonchev–Trinajstić information content (AvgIpc) is 3.87. The molecular formula is C51H64N8O8. The maximum atomic E-state index is 14.5.